The molecule has 0 aromatic heterocycles. The van der Waals surface area contributed by atoms with Crippen molar-refractivity contribution in [2.45, 2.75) is 0 Å². The van der Waals surface area contributed by atoms with E-state index < -0.39 is 0 Å². The Morgan fingerprint density at radius 2 is 0.400 bits per heavy atom. The van der Waals surface area contributed by atoms with Crippen molar-refractivity contribution in [1.82, 2.24) is 0 Å². The summed E-state index contributed by atoms with van der Waals surface area (Å²) in [5, 5.41) is 0. The molecule has 0 aliphatic carbocycles. The van der Waals surface area contributed by atoms with E-state index in [0.717, 1.165) is 0 Å². The van der Waals surface area contributed by atoms with Crippen LogP contribution in [-0.2, 0) is 68.3 Å². The van der Waals surface area contributed by atoms with Gasteiger partial charge < -0.3 is 0 Å². The molecule has 0 aromatic carbocycles. The number of rotatable bonds is 0. The smallest absolute Gasteiger partial charge is 0 e. The summed E-state index contributed by atoms with van der Waals surface area (Å²) in [7, 11) is 0. The fraction of sp³-hybridized carbons (Fsp3) is 0. The second kappa shape index (κ2) is 26.2. The number of hydrogen-bond donors (Lipinski definition) is 0. The van der Waals surface area contributed by atoms with E-state index >= 15 is 0 Å². The summed E-state index contributed by atoms with van der Waals surface area (Å²) < 4.78 is 0. The number of hydrogen-bond acceptors (Lipinski definition) is 0. The van der Waals surface area contributed by atoms with E-state index in [9.17, 15) is 0 Å². The topological polar surface area (TPSA) is 0 Å². The normalized spacial score (nSPS) is 0. The van der Waals surface area contributed by atoms with Crippen molar-refractivity contribution in [2.24, 2.45) is 0 Å². The maximum atomic E-state index is 0. The van der Waals surface area contributed by atoms with Gasteiger partial charge in [-0.25, -0.2) is 0 Å². The Kier molecular flexibility index (Phi) is 208. The zero-order valence-electron chi connectivity index (χ0n) is 1.56. The van der Waals surface area contributed by atoms with E-state index in [1.54, 1.807) is 0 Å². The van der Waals surface area contributed by atoms with Gasteiger partial charge in [0.05, 0.1) is 0 Å². The predicted octanol–water partition coefficient (Wildman–Crippen LogP) is -0.0100. The van der Waals surface area contributed by atoms with E-state index in [1.807, 2.05) is 0 Å². The second-order valence-corrected chi connectivity index (χ2v) is 0. The molecule has 0 aliphatic heterocycles. The van der Waals surface area contributed by atoms with Crippen LogP contribution in [0.15, 0.2) is 0 Å². The molecule has 0 N–H and O–H groups in total. The van der Waals surface area contributed by atoms with Crippen LogP contribution in [0.1, 0.15) is 0 Å². The Hall–Kier alpha value is 3.40. The SMILES string of the molecule is [Cu].[Cu].[Cu].[Cu].[Gd]. The quantitative estimate of drug-likeness (QED) is 0.492. The van der Waals surface area contributed by atoms with E-state index in [0.29, 0.717) is 0 Å². The maximum Gasteiger partial charge on any atom is 0 e. The molecule has 5 heteroatoms. The Bertz CT molecular complexity index is 3.61. The standard InChI is InChI=1S/4Cu.Gd. The van der Waals surface area contributed by atoms with E-state index in [2.05, 4.69) is 0 Å². The van der Waals surface area contributed by atoms with Crippen molar-refractivity contribution in [1.29, 1.82) is 0 Å². The summed E-state index contributed by atoms with van der Waals surface area (Å²) in [5.74, 6) is 0. The molecule has 0 heterocycles. The van der Waals surface area contributed by atoms with Gasteiger partial charge in [-0.15, -0.1) is 0 Å². The third-order valence-electron chi connectivity index (χ3n) is 0. The summed E-state index contributed by atoms with van der Waals surface area (Å²) in [5.41, 5.74) is 0. The van der Waals surface area contributed by atoms with Gasteiger partial charge in [-0.1, -0.05) is 0 Å². The van der Waals surface area contributed by atoms with Gasteiger partial charge in [0.1, 0.15) is 0 Å². The van der Waals surface area contributed by atoms with E-state index in [-0.39, 0.29) is 108 Å². The first kappa shape index (κ1) is 39.8. The van der Waals surface area contributed by atoms with Gasteiger partial charge in [0.2, 0.25) is 0 Å². The average molecular weight is 411 g/mol. The molecule has 0 rings (SSSR count). The molecule has 0 aliphatic rings. The Balaban J connectivity index is 0. The van der Waals surface area contributed by atoms with Gasteiger partial charge in [-0.05, 0) is 0 Å². The van der Waals surface area contributed by atoms with Gasteiger partial charge in [0.25, 0.3) is 0 Å². The third-order valence-corrected chi connectivity index (χ3v) is 0. The van der Waals surface area contributed by atoms with Crippen molar-refractivity contribution >= 4 is 0 Å². The van der Waals surface area contributed by atoms with Crippen LogP contribution in [0.5, 0.6) is 0 Å². The molecule has 4 radical (unpaired) electrons. The molecule has 0 atom stereocenters. The monoisotopic (exact) mass is 410 g/mol. The van der Waals surface area contributed by atoms with Crippen molar-refractivity contribution in [3.05, 3.63) is 0 Å². The Labute approximate surface area is 106 Å². The zero-order chi connectivity index (χ0) is 0. The average Bonchev–Trinajstić information content (AvgIpc) is 0. The van der Waals surface area contributed by atoms with Gasteiger partial charge in [0, 0.05) is 108 Å². The van der Waals surface area contributed by atoms with Gasteiger partial charge >= 0.3 is 0 Å². The van der Waals surface area contributed by atoms with Crippen molar-refractivity contribution in [2.75, 3.05) is 0 Å². The molecule has 5 heavy (non-hydrogen) atoms. The molecule has 0 amide bonds. The largest absolute Gasteiger partial charge is 0 e. The minimum atomic E-state index is 0. The van der Waals surface area contributed by atoms with Crippen LogP contribution in [0.4, 0.5) is 0 Å². The zero-order valence-corrected chi connectivity index (χ0v) is 7.59. The van der Waals surface area contributed by atoms with Gasteiger partial charge in [-0.2, -0.15) is 0 Å². The Morgan fingerprint density at radius 3 is 0.400 bits per heavy atom. The molecule has 0 fully saturated rings. The predicted molar refractivity (Wildman–Crippen MR) is 0 cm³/mol. The minimum Gasteiger partial charge on any atom is 0 e. The summed E-state index contributed by atoms with van der Waals surface area (Å²) >= 11 is 0. The first-order valence-corrected chi connectivity index (χ1v) is 0. The fourth-order valence-electron chi connectivity index (χ4n) is 0. The van der Waals surface area contributed by atoms with Crippen LogP contribution in [0, 0.1) is 39.9 Å². The van der Waals surface area contributed by atoms with Gasteiger partial charge in [-0.3, -0.25) is 0 Å². The van der Waals surface area contributed by atoms with Crippen molar-refractivity contribution < 1.29 is 108 Å². The molecular formula is Cu4Gd. The molecule has 0 saturated carbocycles. The van der Waals surface area contributed by atoms with Crippen LogP contribution in [0.3, 0.4) is 0 Å². The Morgan fingerprint density at radius 1 is 0.400 bits per heavy atom. The summed E-state index contributed by atoms with van der Waals surface area (Å²) in [6.45, 7) is 0. The van der Waals surface area contributed by atoms with Crippen LogP contribution in [0.25, 0.3) is 0 Å². The minimum absolute atomic E-state index is 0. The molecule has 0 nitrogen and oxygen atoms in total. The first-order valence-electron chi connectivity index (χ1n) is 0. The molecule has 0 bridgehead atoms. The van der Waals surface area contributed by atoms with Crippen molar-refractivity contribution in [3.63, 3.8) is 0 Å². The van der Waals surface area contributed by atoms with E-state index in [1.165, 1.54) is 0 Å². The summed E-state index contributed by atoms with van der Waals surface area (Å²) in [6.07, 6.45) is 0. The summed E-state index contributed by atoms with van der Waals surface area (Å²) in [6, 6.07) is 0. The van der Waals surface area contributed by atoms with Crippen LogP contribution in [0.2, 0.25) is 0 Å². The van der Waals surface area contributed by atoms with Gasteiger partial charge in [0.15, 0.2) is 0 Å². The van der Waals surface area contributed by atoms with E-state index in [4.69, 9.17) is 0 Å². The molecule has 0 spiro atoms. The maximum absolute atomic E-state index is 0. The molecule has 0 aromatic rings. The second-order valence-electron chi connectivity index (χ2n) is 0. The molecule has 0 saturated heterocycles. The summed E-state index contributed by atoms with van der Waals surface area (Å²) in [4.78, 5) is 0. The molecular weight excluding hydrogens is 411 g/mol. The third kappa shape index (κ3) is 18.7. The van der Waals surface area contributed by atoms with Crippen LogP contribution < -0.4 is 0 Å². The van der Waals surface area contributed by atoms with Crippen LogP contribution >= 0.6 is 0 Å². The molecule has 0 unspecified atom stereocenters. The van der Waals surface area contributed by atoms with Crippen LogP contribution in [-0.4, -0.2) is 0 Å². The first-order chi connectivity index (χ1) is 0. The fourth-order valence-corrected chi connectivity index (χ4v) is 0. The molecule has 52 valence electrons. The van der Waals surface area contributed by atoms with Crippen molar-refractivity contribution in [3.8, 4) is 0 Å².